The number of carbonyl (C=O) groups excluding carboxylic acids is 2. The number of nitrogens with zero attached hydrogens (tertiary/aromatic N) is 2. The molecule has 2 aromatic rings. The van der Waals surface area contributed by atoms with Gasteiger partial charge in [-0.3, -0.25) is 0 Å². The lowest BCUT2D eigenvalue weighted by Crippen LogP contribution is -2.14. The summed E-state index contributed by atoms with van der Waals surface area (Å²) < 4.78 is 10.1. The van der Waals surface area contributed by atoms with Gasteiger partial charge in [-0.05, 0) is 61.7 Å². The lowest BCUT2D eigenvalue weighted by atomic mass is 10.0. The molecule has 0 fully saturated rings. The highest BCUT2D eigenvalue weighted by molar-refractivity contribution is 5.92. The molecule has 0 bridgehead atoms. The number of benzene rings is 2. The molecule has 0 aliphatic carbocycles. The van der Waals surface area contributed by atoms with E-state index in [9.17, 15) is 9.59 Å². The standard InChI is InChI=1S/C22H26N2O4/c1-6-24(4)14-23-20-12-15(2)19(11-16(20)3)22(26)28-13-17-7-9-18(10-8-17)21(25)27-5/h7-12,14H,6,13H2,1-5H3/b23-14+. The van der Waals surface area contributed by atoms with Crippen LogP contribution in [-0.2, 0) is 16.1 Å². The highest BCUT2D eigenvalue weighted by Crippen LogP contribution is 2.24. The summed E-state index contributed by atoms with van der Waals surface area (Å²) in [6, 6.07) is 10.4. The summed E-state index contributed by atoms with van der Waals surface area (Å²) in [5, 5.41) is 0. The van der Waals surface area contributed by atoms with Crippen LogP contribution in [0, 0.1) is 13.8 Å². The van der Waals surface area contributed by atoms with Crippen molar-refractivity contribution in [3.8, 4) is 0 Å². The van der Waals surface area contributed by atoms with Gasteiger partial charge < -0.3 is 14.4 Å². The number of rotatable bonds is 7. The third kappa shape index (κ3) is 5.42. The number of esters is 2. The number of hydrogen-bond acceptors (Lipinski definition) is 5. The summed E-state index contributed by atoms with van der Waals surface area (Å²) in [4.78, 5) is 30.4. The fourth-order valence-electron chi connectivity index (χ4n) is 2.48. The van der Waals surface area contributed by atoms with E-state index in [-0.39, 0.29) is 12.6 Å². The molecule has 6 nitrogen and oxygen atoms in total. The molecule has 0 aliphatic rings. The molecular weight excluding hydrogens is 356 g/mol. The van der Waals surface area contributed by atoms with Crippen molar-refractivity contribution in [2.75, 3.05) is 20.7 Å². The van der Waals surface area contributed by atoms with Gasteiger partial charge in [-0.15, -0.1) is 0 Å². The van der Waals surface area contributed by atoms with E-state index in [4.69, 9.17) is 4.74 Å². The molecule has 0 radical (unpaired) electrons. The summed E-state index contributed by atoms with van der Waals surface area (Å²) in [6.45, 7) is 6.82. The normalized spacial score (nSPS) is 10.8. The van der Waals surface area contributed by atoms with Crippen LogP contribution in [0.1, 0.15) is 44.3 Å². The van der Waals surface area contributed by atoms with Crippen LogP contribution in [0.3, 0.4) is 0 Å². The molecule has 0 aromatic heterocycles. The quantitative estimate of drug-likeness (QED) is 0.410. The molecule has 0 unspecified atom stereocenters. The second-order valence-electron chi connectivity index (χ2n) is 6.54. The topological polar surface area (TPSA) is 68.2 Å². The summed E-state index contributed by atoms with van der Waals surface area (Å²) in [7, 11) is 3.29. The van der Waals surface area contributed by atoms with E-state index in [1.807, 2.05) is 38.8 Å². The van der Waals surface area contributed by atoms with Gasteiger partial charge in [0.05, 0.1) is 30.3 Å². The van der Waals surface area contributed by atoms with Crippen molar-refractivity contribution in [2.24, 2.45) is 4.99 Å². The maximum atomic E-state index is 12.5. The number of methoxy groups -OCH3 is 1. The van der Waals surface area contributed by atoms with Crippen molar-refractivity contribution in [1.29, 1.82) is 0 Å². The summed E-state index contributed by atoms with van der Waals surface area (Å²) in [5.41, 5.74) is 4.30. The van der Waals surface area contributed by atoms with Crippen LogP contribution in [0.15, 0.2) is 41.4 Å². The van der Waals surface area contributed by atoms with Crippen LogP contribution in [0.5, 0.6) is 0 Å². The number of ether oxygens (including phenoxy) is 2. The maximum Gasteiger partial charge on any atom is 0.338 e. The zero-order chi connectivity index (χ0) is 20.7. The van der Waals surface area contributed by atoms with Crippen molar-refractivity contribution in [3.63, 3.8) is 0 Å². The second-order valence-corrected chi connectivity index (χ2v) is 6.54. The van der Waals surface area contributed by atoms with Gasteiger partial charge in [-0.2, -0.15) is 0 Å². The predicted molar refractivity (Wildman–Crippen MR) is 109 cm³/mol. The van der Waals surface area contributed by atoms with E-state index in [0.717, 1.165) is 28.9 Å². The summed E-state index contributed by atoms with van der Waals surface area (Å²) >= 11 is 0. The van der Waals surface area contributed by atoms with Crippen LogP contribution in [0.4, 0.5) is 5.69 Å². The molecule has 0 atom stereocenters. The first kappa shape index (κ1) is 21.2. The lowest BCUT2D eigenvalue weighted by molar-refractivity contribution is 0.0470. The third-order valence-corrected chi connectivity index (χ3v) is 4.40. The Bertz CT molecular complexity index is 873. The molecule has 148 valence electrons. The molecule has 0 saturated carbocycles. The monoisotopic (exact) mass is 382 g/mol. The Hall–Kier alpha value is -3.15. The van der Waals surface area contributed by atoms with Crippen molar-refractivity contribution in [3.05, 3.63) is 64.2 Å². The fraction of sp³-hybridized carbons (Fsp3) is 0.318. The minimum absolute atomic E-state index is 0.125. The molecule has 0 heterocycles. The van der Waals surface area contributed by atoms with Crippen LogP contribution < -0.4 is 0 Å². The number of hydrogen-bond donors (Lipinski definition) is 0. The van der Waals surface area contributed by atoms with Crippen LogP contribution in [0.2, 0.25) is 0 Å². The van der Waals surface area contributed by atoms with E-state index in [2.05, 4.69) is 9.73 Å². The van der Waals surface area contributed by atoms with Gasteiger partial charge in [-0.25, -0.2) is 14.6 Å². The zero-order valence-electron chi connectivity index (χ0n) is 17.0. The largest absolute Gasteiger partial charge is 0.465 e. The Balaban J connectivity index is 2.07. The molecular formula is C22H26N2O4. The first-order valence-electron chi connectivity index (χ1n) is 9.05. The van der Waals surface area contributed by atoms with Gasteiger partial charge in [0, 0.05) is 13.6 Å². The van der Waals surface area contributed by atoms with Gasteiger partial charge in [0.15, 0.2) is 0 Å². The lowest BCUT2D eigenvalue weighted by Gasteiger charge is -2.12. The molecule has 6 heteroatoms. The predicted octanol–water partition coefficient (Wildman–Crippen LogP) is 4.06. The van der Waals surface area contributed by atoms with Gasteiger partial charge in [0.25, 0.3) is 0 Å². The molecule has 2 rings (SSSR count). The minimum Gasteiger partial charge on any atom is -0.465 e. The summed E-state index contributed by atoms with van der Waals surface area (Å²) in [6.07, 6.45) is 1.78. The van der Waals surface area contributed by atoms with E-state index in [1.54, 1.807) is 36.7 Å². The van der Waals surface area contributed by atoms with E-state index in [1.165, 1.54) is 7.11 Å². The van der Waals surface area contributed by atoms with E-state index >= 15 is 0 Å². The molecule has 0 amide bonds. The molecule has 0 aliphatic heterocycles. The molecule has 0 saturated heterocycles. The van der Waals surface area contributed by atoms with E-state index < -0.39 is 5.97 Å². The van der Waals surface area contributed by atoms with Gasteiger partial charge in [0.1, 0.15) is 6.61 Å². The SMILES string of the molecule is CCN(C)/C=N/c1cc(C)c(C(=O)OCc2ccc(C(=O)OC)cc2)cc1C. The van der Waals surface area contributed by atoms with Gasteiger partial charge in [0.2, 0.25) is 0 Å². The Morgan fingerprint density at radius 3 is 2.36 bits per heavy atom. The van der Waals surface area contributed by atoms with Crippen molar-refractivity contribution < 1.29 is 19.1 Å². The highest BCUT2D eigenvalue weighted by Gasteiger charge is 2.14. The molecule has 28 heavy (non-hydrogen) atoms. The first-order chi connectivity index (χ1) is 13.3. The third-order valence-electron chi connectivity index (χ3n) is 4.40. The minimum atomic E-state index is -0.400. The van der Waals surface area contributed by atoms with Crippen molar-refractivity contribution in [2.45, 2.75) is 27.4 Å². The highest BCUT2D eigenvalue weighted by atomic mass is 16.5. The number of aliphatic imine (C=N–C) groups is 1. The molecule has 2 aromatic carbocycles. The van der Waals surface area contributed by atoms with Crippen molar-refractivity contribution >= 4 is 24.0 Å². The Kier molecular flexibility index (Phi) is 7.32. The Labute approximate surface area is 165 Å². The Morgan fingerprint density at radius 1 is 1.07 bits per heavy atom. The van der Waals surface area contributed by atoms with Crippen LogP contribution in [0.25, 0.3) is 0 Å². The molecule has 0 spiro atoms. The van der Waals surface area contributed by atoms with Gasteiger partial charge in [-0.1, -0.05) is 12.1 Å². The molecule has 0 N–H and O–H groups in total. The summed E-state index contributed by atoms with van der Waals surface area (Å²) in [5.74, 6) is -0.790. The average molecular weight is 382 g/mol. The second kappa shape index (κ2) is 9.69. The number of carbonyl (C=O) groups is 2. The van der Waals surface area contributed by atoms with E-state index in [0.29, 0.717) is 11.1 Å². The zero-order valence-corrected chi connectivity index (χ0v) is 17.0. The van der Waals surface area contributed by atoms with Crippen molar-refractivity contribution in [1.82, 2.24) is 4.90 Å². The smallest absolute Gasteiger partial charge is 0.338 e. The Morgan fingerprint density at radius 2 is 1.75 bits per heavy atom. The maximum absolute atomic E-state index is 12.5. The van der Waals surface area contributed by atoms with Crippen LogP contribution >= 0.6 is 0 Å². The van der Waals surface area contributed by atoms with Crippen LogP contribution in [-0.4, -0.2) is 43.9 Å². The fourth-order valence-corrected chi connectivity index (χ4v) is 2.48. The first-order valence-corrected chi connectivity index (χ1v) is 9.05. The number of aryl methyl sites for hydroxylation is 2. The van der Waals surface area contributed by atoms with Gasteiger partial charge >= 0.3 is 11.9 Å². The average Bonchev–Trinajstić information content (AvgIpc) is 2.71.